The lowest BCUT2D eigenvalue weighted by molar-refractivity contribution is 0.186. The maximum atomic E-state index is 9.48. The molecule has 0 aromatic heterocycles. The van der Waals surface area contributed by atoms with Crippen LogP contribution in [-0.4, -0.2) is 12.5 Å². The highest BCUT2D eigenvalue weighted by Crippen LogP contribution is 1.76. The average Bonchev–Trinajstić information content (AvgIpc) is 1.68. The Hall–Kier alpha value is -0.730. The topological polar surface area (TPSA) is 41.5 Å². The molecule has 0 aromatic carbocycles. The summed E-state index contributed by atoms with van der Waals surface area (Å²) < 4.78 is 4.63. The van der Waals surface area contributed by atoms with Gasteiger partial charge < -0.3 is 4.74 Å². The minimum absolute atomic E-state index is 0.197. The maximum absolute atomic E-state index is 9.48. The van der Waals surface area contributed by atoms with Crippen LogP contribution in [0.15, 0.2) is 5.16 Å². The van der Waals surface area contributed by atoms with Gasteiger partial charge in [-0.3, -0.25) is 0 Å². The Balaban J connectivity index is 3.17. The second-order valence-electron chi connectivity index (χ2n) is 1.04. The first-order valence-electron chi connectivity index (χ1n) is 2.11. The fraction of sp³-hybridized carbons (Fsp3) is 0.750. The zero-order valence-corrected chi connectivity index (χ0v) is 4.47. The fourth-order valence-corrected chi connectivity index (χ4v) is 0.235. The molecule has 0 aliphatic rings. The zero-order chi connectivity index (χ0) is 5.70. The Morgan fingerprint density at radius 2 is 2.43 bits per heavy atom. The van der Waals surface area contributed by atoms with Crippen molar-refractivity contribution in [2.24, 2.45) is 5.16 Å². The van der Waals surface area contributed by atoms with E-state index in [4.69, 9.17) is 0 Å². The van der Waals surface area contributed by atoms with Gasteiger partial charge in [-0.05, 0) is 6.92 Å². The first-order chi connectivity index (χ1) is 3.31. The normalized spacial score (nSPS) is 11.4. The molecule has 3 heteroatoms. The molecule has 0 heterocycles. The highest BCUT2D eigenvalue weighted by Gasteiger charge is 1.83. The molecular formula is C4H8NO2. The Morgan fingerprint density at radius 3 is 2.57 bits per heavy atom. The molecule has 0 fully saturated rings. The molecule has 0 saturated heterocycles. The van der Waals surface area contributed by atoms with Crippen LogP contribution in [0.4, 0.5) is 0 Å². The molecule has 7 heavy (non-hydrogen) atoms. The third kappa shape index (κ3) is 3.09. The average molecular weight is 102 g/mol. The van der Waals surface area contributed by atoms with Gasteiger partial charge >= 0.3 is 0 Å². The predicted octanol–water partition coefficient (Wildman–Crippen LogP) is 0.787. The smallest absolute Gasteiger partial charge is 0.227 e. The standard InChI is InChI=1S/C4H8NO2/c1-3-7-4(2)5-6/h3H2,1-2H3/b5-4-. The van der Waals surface area contributed by atoms with Crippen LogP contribution in [0.2, 0.25) is 0 Å². The molecule has 0 amide bonds. The van der Waals surface area contributed by atoms with Crippen LogP contribution in [0.5, 0.6) is 0 Å². The van der Waals surface area contributed by atoms with Crippen LogP contribution in [0.25, 0.3) is 0 Å². The van der Waals surface area contributed by atoms with Crippen LogP contribution in [-0.2, 0) is 9.94 Å². The van der Waals surface area contributed by atoms with Crippen molar-refractivity contribution in [3.8, 4) is 0 Å². The Bertz CT molecular complexity index is 70.1. The molecule has 0 spiro atoms. The summed E-state index contributed by atoms with van der Waals surface area (Å²) in [5, 5.41) is 12.0. The summed E-state index contributed by atoms with van der Waals surface area (Å²) in [5.74, 6) is 0.197. The molecule has 0 aliphatic heterocycles. The molecule has 0 bridgehead atoms. The minimum atomic E-state index is 0.197. The first kappa shape index (κ1) is 6.27. The largest absolute Gasteiger partial charge is 0.479 e. The van der Waals surface area contributed by atoms with Gasteiger partial charge in [0.2, 0.25) is 5.90 Å². The maximum Gasteiger partial charge on any atom is 0.227 e. The monoisotopic (exact) mass is 102 g/mol. The van der Waals surface area contributed by atoms with E-state index in [0.717, 1.165) is 0 Å². The van der Waals surface area contributed by atoms with E-state index in [0.29, 0.717) is 6.61 Å². The van der Waals surface area contributed by atoms with Crippen molar-refractivity contribution < 1.29 is 9.94 Å². The second-order valence-corrected chi connectivity index (χ2v) is 1.04. The lowest BCUT2D eigenvalue weighted by atomic mass is 10.7. The van der Waals surface area contributed by atoms with E-state index in [2.05, 4.69) is 9.89 Å². The van der Waals surface area contributed by atoms with Gasteiger partial charge in [-0.25, -0.2) is 0 Å². The SMILES string of the molecule is CCO/C(C)=N\[O]. The number of hydrogen-bond donors (Lipinski definition) is 0. The number of ether oxygens (including phenoxy) is 1. The Labute approximate surface area is 42.6 Å². The lowest BCUT2D eigenvalue weighted by Gasteiger charge is -1.93. The van der Waals surface area contributed by atoms with Crippen molar-refractivity contribution in [1.29, 1.82) is 0 Å². The van der Waals surface area contributed by atoms with Crippen molar-refractivity contribution in [2.75, 3.05) is 6.61 Å². The van der Waals surface area contributed by atoms with E-state index < -0.39 is 0 Å². The third-order valence-corrected chi connectivity index (χ3v) is 0.482. The van der Waals surface area contributed by atoms with Crippen LogP contribution >= 0.6 is 0 Å². The molecular weight excluding hydrogens is 94.0 g/mol. The molecule has 3 nitrogen and oxygen atoms in total. The van der Waals surface area contributed by atoms with Gasteiger partial charge in [-0.1, -0.05) is 0 Å². The summed E-state index contributed by atoms with van der Waals surface area (Å²) in [6.07, 6.45) is 0. The van der Waals surface area contributed by atoms with E-state index in [1.54, 1.807) is 6.92 Å². The highest BCUT2D eigenvalue weighted by molar-refractivity contribution is 5.72. The van der Waals surface area contributed by atoms with E-state index in [1.165, 1.54) is 6.92 Å². The van der Waals surface area contributed by atoms with Gasteiger partial charge in [0.25, 0.3) is 0 Å². The van der Waals surface area contributed by atoms with Crippen molar-refractivity contribution in [2.45, 2.75) is 13.8 Å². The number of hydrogen-bond acceptors (Lipinski definition) is 2. The van der Waals surface area contributed by atoms with Crippen molar-refractivity contribution in [3.63, 3.8) is 0 Å². The molecule has 0 aliphatic carbocycles. The molecule has 0 atom stereocenters. The van der Waals surface area contributed by atoms with E-state index in [9.17, 15) is 5.21 Å². The molecule has 0 aromatic rings. The van der Waals surface area contributed by atoms with Crippen LogP contribution in [0.1, 0.15) is 13.8 Å². The highest BCUT2D eigenvalue weighted by atomic mass is 16.5. The quantitative estimate of drug-likeness (QED) is 0.274. The molecule has 0 rings (SSSR count). The van der Waals surface area contributed by atoms with Crippen molar-refractivity contribution in [1.82, 2.24) is 0 Å². The second kappa shape index (κ2) is 3.46. The van der Waals surface area contributed by atoms with Crippen LogP contribution < -0.4 is 0 Å². The third-order valence-electron chi connectivity index (χ3n) is 0.482. The van der Waals surface area contributed by atoms with Gasteiger partial charge in [0.1, 0.15) is 0 Å². The van der Waals surface area contributed by atoms with Gasteiger partial charge in [0, 0.05) is 12.1 Å². The van der Waals surface area contributed by atoms with Gasteiger partial charge in [0.15, 0.2) is 0 Å². The van der Waals surface area contributed by atoms with E-state index >= 15 is 0 Å². The predicted molar refractivity (Wildman–Crippen MR) is 25.4 cm³/mol. The van der Waals surface area contributed by atoms with Crippen LogP contribution in [0, 0.1) is 0 Å². The van der Waals surface area contributed by atoms with Crippen molar-refractivity contribution in [3.05, 3.63) is 0 Å². The summed E-state index contributed by atoms with van der Waals surface area (Å²) in [7, 11) is 0. The van der Waals surface area contributed by atoms with Crippen molar-refractivity contribution >= 4 is 5.90 Å². The Kier molecular flexibility index (Phi) is 3.10. The molecule has 0 unspecified atom stereocenters. The Morgan fingerprint density at radius 1 is 1.86 bits per heavy atom. The molecule has 1 radical (unpaired) electrons. The summed E-state index contributed by atoms with van der Waals surface area (Å²) in [5.41, 5.74) is 0. The summed E-state index contributed by atoms with van der Waals surface area (Å²) in [4.78, 5) is 0. The molecule has 0 saturated carbocycles. The summed E-state index contributed by atoms with van der Waals surface area (Å²) >= 11 is 0. The number of nitrogens with zero attached hydrogens (tertiary/aromatic N) is 1. The molecule has 0 N–H and O–H groups in total. The first-order valence-corrected chi connectivity index (χ1v) is 2.11. The lowest BCUT2D eigenvalue weighted by Crippen LogP contribution is -1.96. The van der Waals surface area contributed by atoms with Crippen LogP contribution in [0.3, 0.4) is 0 Å². The summed E-state index contributed by atoms with van der Waals surface area (Å²) in [6.45, 7) is 3.84. The van der Waals surface area contributed by atoms with E-state index in [-0.39, 0.29) is 5.90 Å². The summed E-state index contributed by atoms with van der Waals surface area (Å²) in [6, 6.07) is 0. The zero-order valence-electron chi connectivity index (χ0n) is 4.47. The van der Waals surface area contributed by atoms with Gasteiger partial charge in [-0.15, -0.1) is 5.21 Å². The van der Waals surface area contributed by atoms with E-state index in [1.807, 2.05) is 0 Å². The minimum Gasteiger partial charge on any atom is -0.479 e. The molecule has 41 valence electrons. The van der Waals surface area contributed by atoms with Gasteiger partial charge in [-0.2, -0.15) is 0 Å². The van der Waals surface area contributed by atoms with Gasteiger partial charge in [0.05, 0.1) is 6.61 Å². The fourth-order valence-electron chi connectivity index (χ4n) is 0.235. The number of rotatable bonds is 1.